The van der Waals surface area contributed by atoms with Crippen LogP contribution in [0.4, 0.5) is 5.69 Å². The van der Waals surface area contributed by atoms with Gasteiger partial charge in [-0.15, -0.1) is 0 Å². The van der Waals surface area contributed by atoms with E-state index in [4.69, 9.17) is 4.42 Å². The summed E-state index contributed by atoms with van der Waals surface area (Å²) in [5.41, 5.74) is 2.00. The molecule has 0 bridgehead atoms. The van der Waals surface area contributed by atoms with Crippen molar-refractivity contribution in [3.8, 4) is 0 Å². The minimum Gasteiger partial charge on any atom is -0.406 e. The predicted octanol–water partition coefficient (Wildman–Crippen LogP) is 0.983. The minimum atomic E-state index is -3.15. The molecule has 1 aliphatic heterocycles. The van der Waals surface area contributed by atoms with E-state index in [1.54, 1.807) is 10.4 Å². The first-order chi connectivity index (χ1) is 10.5. The summed E-state index contributed by atoms with van der Waals surface area (Å²) in [6.45, 7) is 3.93. The van der Waals surface area contributed by atoms with Crippen molar-refractivity contribution < 1.29 is 12.8 Å². The molecule has 0 amide bonds. The molecule has 7 nitrogen and oxygen atoms in total. The zero-order valence-electron chi connectivity index (χ0n) is 12.4. The number of anilines is 1. The van der Waals surface area contributed by atoms with Gasteiger partial charge in [-0.1, -0.05) is 13.0 Å². The Bertz CT molecular complexity index is 816. The average molecular weight is 325 g/mol. The minimum absolute atomic E-state index is 0.190. The van der Waals surface area contributed by atoms with Gasteiger partial charge in [-0.2, -0.15) is 4.31 Å². The molecule has 120 valence electrons. The monoisotopic (exact) mass is 325 g/mol. The lowest BCUT2D eigenvalue weighted by Gasteiger charge is -2.35. The average Bonchev–Trinajstić information content (AvgIpc) is 2.87. The van der Waals surface area contributed by atoms with Gasteiger partial charge in [0.1, 0.15) is 0 Å². The van der Waals surface area contributed by atoms with Crippen LogP contribution < -0.4 is 10.7 Å². The zero-order valence-corrected chi connectivity index (χ0v) is 13.2. The number of nitrogens with one attached hydrogen (secondary N) is 1. The van der Waals surface area contributed by atoms with E-state index in [-0.39, 0.29) is 5.75 Å². The van der Waals surface area contributed by atoms with Gasteiger partial charge in [0.15, 0.2) is 5.58 Å². The standard InChI is InChI=1S/C14H19N3O4S/c1-2-10-22(19,20)17-8-6-16(7-9-17)12-5-3-4-11-13(12)21-14(18)15-11/h3-5H,2,6-10H2,1H3,(H,15,18). The fourth-order valence-corrected chi connectivity index (χ4v) is 4.30. The molecule has 0 radical (unpaired) electrons. The maximum atomic E-state index is 12.1. The van der Waals surface area contributed by atoms with E-state index in [0.717, 1.165) is 5.69 Å². The number of rotatable bonds is 4. The number of piperazine rings is 1. The van der Waals surface area contributed by atoms with Gasteiger partial charge in [0.2, 0.25) is 10.0 Å². The van der Waals surface area contributed by atoms with Gasteiger partial charge in [-0.3, -0.25) is 4.98 Å². The Morgan fingerprint density at radius 2 is 1.95 bits per heavy atom. The normalized spacial score (nSPS) is 17.2. The molecule has 0 aliphatic carbocycles. The number of benzene rings is 1. The van der Waals surface area contributed by atoms with Crippen molar-refractivity contribution in [3.05, 3.63) is 28.7 Å². The summed E-state index contributed by atoms with van der Waals surface area (Å²) >= 11 is 0. The molecule has 0 spiro atoms. The van der Waals surface area contributed by atoms with Crippen molar-refractivity contribution in [1.29, 1.82) is 0 Å². The van der Waals surface area contributed by atoms with E-state index in [0.29, 0.717) is 43.7 Å². The van der Waals surface area contributed by atoms with Crippen molar-refractivity contribution in [2.24, 2.45) is 0 Å². The second kappa shape index (κ2) is 5.77. The van der Waals surface area contributed by atoms with Crippen LogP contribution in [0.5, 0.6) is 0 Å². The number of hydrogen-bond acceptors (Lipinski definition) is 5. The molecular weight excluding hydrogens is 306 g/mol. The van der Waals surface area contributed by atoms with E-state index < -0.39 is 15.8 Å². The van der Waals surface area contributed by atoms with Crippen molar-refractivity contribution >= 4 is 26.8 Å². The van der Waals surface area contributed by atoms with Gasteiger partial charge >= 0.3 is 5.76 Å². The van der Waals surface area contributed by atoms with Crippen molar-refractivity contribution in [2.75, 3.05) is 36.8 Å². The molecule has 1 fully saturated rings. The lowest BCUT2D eigenvalue weighted by Crippen LogP contribution is -2.49. The quantitative estimate of drug-likeness (QED) is 0.905. The highest BCUT2D eigenvalue weighted by molar-refractivity contribution is 7.89. The molecule has 0 unspecified atom stereocenters. The first-order valence-electron chi connectivity index (χ1n) is 7.36. The Kier molecular flexibility index (Phi) is 3.96. The van der Waals surface area contributed by atoms with E-state index in [1.165, 1.54) is 0 Å². The molecule has 22 heavy (non-hydrogen) atoms. The molecule has 8 heteroatoms. The van der Waals surface area contributed by atoms with E-state index in [2.05, 4.69) is 9.88 Å². The Balaban J connectivity index is 1.80. The highest BCUT2D eigenvalue weighted by atomic mass is 32.2. The largest absolute Gasteiger partial charge is 0.417 e. The molecule has 1 aliphatic rings. The van der Waals surface area contributed by atoms with Crippen molar-refractivity contribution in [3.63, 3.8) is 0 Å². The summed E-state index contributed by atoms with van der Waals surface area (Å²) in [6.07, 6.45) is 0.621. The van der Waals surface area contributed by atoms with Crippen LogP contribution >= 0.6 is 0 Å². The molecule has 1 aromatic carbocycles. The maximum Gasteiger partial charge on any atom is 0.417 e. The van der Waals surface area contributed by atoms with Crippen LogP contribution in [0.2, 0.25) is 0 Å². The van der Waals surface area contributed by atoms with Crippen LogP contribution in [-0.2, 0) is 10.0 Å². The molecule has 1 aromatic heterocycles. The molecule has 1 saturated heterocycles. The fraction of sp³-hybridized carbons (Fsp3) is 0.500. The molecule has 1 N–H and O–H groups in total. The Morgan fingerprint density at radius 3 is 2.64 bits per heavy atom. The second-order valence-electron chi connectivity index (χ2n) is 5.37. The molecule has 3 rings (SSSR count). The Labute approximate surface area is 128 Å². The fourth-order valence-electron chi connectivity index (χ4n) is 2.80. The van der Waals surface area contributed by atoms with Crippen LogP contribution in [0.3, 0.4) is 0 Å². The number of fused-ring (bicyclic) bond motifs is 1. The summed E-state index contributed by atoms with van der Waals surface area (Å²) in [5.74, 6) is -0.290. The Morgan fingerprint density at radius 1 is 1.23 bits per heavy atom. The topological polar surface area (TPSA) is 86.6 Å². The summed E-state index contributed by atoms with van der Waals surface area (Å²) in [5, 5.41) is 0. The number of oxazole rings is 1. The van der Waals surface area contributed by atoms with Crippen LogP contribution in [0.1, 0.15) is 13.3 Å². The first-order valence-corrected chi connectivity index (χ1v) is 8.97. The van der Waals surface area contributed by atoms with Gasteiger partial charge in [0, 0.05) is 26.2 Å². The third-order valence-corrected chi connectivity index (χ3v) is 5.94. The first kappa shape index (κ1) is 15.1. The number of hydrogen-bond donors (Lipinski definition) is 1. The van der Waals surface area contributed by atoms with Crippen molar-refractivity contribution in [2.45, 2.75) is 13.3 Å². The molecule has 2 aromatic rings. The number of para-hydroxylation sites is 1. The molecular formula is C14H19N3O4S. The summed E-state index contributed by atoms with van der Waals surface area (Å²) in [4.78, 5) is 16.0. The van der Waals surface area contributed by atoms with Gasteiger partial charge in [-0.05, 0) is 18.6 Å². The molecule has 0 atom stereocenters. The number of nitrogens with zero attached hydrogens (tertiary/aromatic N) is 2. The predicted molar refractivity (Wildman–Crippen MR) is 84.7 cm³/mol. The number of H-pyrrole nitrogens is 1. The highest BCUT2D eigenvalue weighted by Gasteiger charge is 2.27. The van der Waals surface area contributed by atoms with Crippen LogP contribution in [0, 0.1) is 0 Å². The van der Waals surface area contributed by atoms with E-state index in [9.17, 15) is 13.2 Å². The second-order valence-corrected chi connectivity index (χ2v) is 7.46. The van der Waals surface area contributed by atoms with Gasteiger partial charge in [0.05, 0.1) is 17.0 Å². The van der Waals surface area contributed by atoms with E-state index >= 15 is 0 Å². The number of aromatic nitrogens is 1. The van der Waals surface area contributed by atoms with Crippen LogP contribution in [0.15, 0.2) is 27.4 Å². The number of sulfonamides is 1. The summed E-state index contributed by atoms with van der Waals surface area (Å²) in [7, 11) is -3.15. The van der Waals surface area contributed by atoms with E-state index in [1.807, 2.05) is 19.1 Å². The highest BCUT2D eigenvalue weighted by Crippen LogP contribution is 2.26. The van der Waals surface area contributed by atoms with Crippen LogP contribution in [0.25, 0.3) is 11.1 Å². The van der Waals surface area contributed by atoms with Gasteiger partial charge < -0.3 is 9.32 Å². The molecule has 0 saturated carbocycles. The summed E-state index contributed by atoms with van der Waals surface area (Å²) in [6, 6.07) is 5.52. The third-order valence-electron chi connectivity index (χ3n) is 3.86. The van der Waals surface area contributed by atoms with Crippen molar-refractivity contribution in [1.82, 2.24) is 9.29 Å². The lowest BCUT2D eigenvalue weighted by molar-refractivity contribution is 0.384. The smallest absolute Gasteiger partial charge is 0.406 e. The maximum absolute atomic E-state index is 12.1. The van der Waals surface area contributed by atoms with Gasteiger partial charge in [0.25, 0.3) is 0 Å². The molecule has 2 heterocycles. The third kappa shape index (κ3) is 2.76. The van der Waals surface area contributed by atoms with Gasteiger partial charge in [-0.25, -0.2) is 13.2 Å². The SMILES string of the molecule is CCCS(=O)(=O)N1CCN(c2cccc3[nH]c(=O)oc23)CC1. The lowest BCUT2D eigenvalue weighted by atomic mass is 10.2. The summed E-state index contributed by atoms with van der Waals surface area (Å²) < 4.78 is 30.9. The van der Waals surface area contributed by atoms with Crippen LogP contribution in [-0.4, -0.2) is 49.6 Å². The number of aromatic amines is 1. The Hall–Kier alpha value is -1.80. The zero-order chi connectivity index (χ0) is 15.7.